The van der Waals surface area contributed by atoms with E-state index in [1.54, 1.807) is 7.11 Å². The van der Waals surface area contributed by atoms with Gasteiger partial charge in [0.2, 0.25) is 0 Å². The van der Waals surface area contributed by atoms with Gasteiger partial charge in [0, 0.05) is 35.9 Å². The number of ether oxygens (including phenoxy) is 3. The molecule has 5 rings (SSSR count). The Balaban J connectivity index is 0.00000172. The molecule has 1 aromatic heterocycles. The van der Waals surface area contributed by atoms with Crippen LogP contribution in [0.4, 0.5) is 0 Å². The van der Waals surface area contributed by atoms with Crippen molar-refractivity contribution in [3.05, 3.63) is 103 Å². The van der Waals surface area contributed by atoms with Gasteiger partial charge in [-0.05, 0) is 35.9 Å². The van der Waals surface area contributed by atoms with E-state index in [1.807, 2.05) is 86.6 Å². The topological polar surface area (TPSA) is 67.0 Å². The summed E-state index contributed by atoms with van der Waals surface area (Å²) >= 11 is 0. The van der Waals surface area contributed by atoms with Gasteiger partial charge in [-0.2, -0.15) is 0 Å². The number of aromatic nitrogens is 1. The third-order valence-corrected chi connectivity index (χ3v) is 6.38. The van der Waals surface area contributed by atoms with Gasteiger partial charge < -0.3 is 24.3 Å². The summed E-state index contributed by atoms with van der Waals surface area (Å²) in [5.41, 5.74) is 3.27. The highest BCUT2D eigenvalue weighted by Crippen LogP contribution is 2.33. The minimum Gasteiger partial charge on any atom is -0.493 e. The molecule has 5 aromatic rings. The van der Waals surface area contributed by atoms with Crippen LogP contribution in [0.2, 0.25) is 0 Å². The monoisotopic (exact) mass is 526 g/mol. The fraction of sp³-hybridized carbons (Fsp3) is 0.273. The van der Waals surface area contributed by atoms with E-state index in [0.717, 1.165) is 27.6 Å². The fourth-order valence-corrected chi connectivity index (χ4v) is 4.62. The molecular formula is C33H38N2O4. The molecule has 2 N–H and O–H groups in total. The lowest BCUT2D eigenvalue weighted by atomic mass is 10.1. The number of nitrogens with zero attached hydrogens (tertiary/aromatic N) is 1. The minimum atomic E-state index is -0.671. The SMILES string of the molecule is CC.COc1ccccc1OCCN(Cc1ccccc1)CC(O)COc1cccc2[nH]c3ccccc3c12. The van der Waals surface area contributed by atoms with Crippen LogP contribution >= 0.6 is 0 Å². The molecule has 0 amide bonds. The number of methoxy groups -OCH3 is 1. The van der Waals surface area contributed by atoms with Crippen molar-refractivity contribution in [1.29, 1.82) is 0 Å². The Morgan fingerprint density at radius 2 is 1.41 bits per heavy atom. The van der Waals surface area contributed by atoms with Crippen molar-refractivity contribution in [2.75, 3.05) is 33.4 Å². The molecule has 0 aliphatic carbocycles. The van der Waals surface area contributed by atoms with Gasteiger partial charge in [-0.3, -0.25) is 4.90 Å². The van der Waals surface area contributed by atoms with Crippen molar-refractivity contribution in [3.8, 4) is 17.2 Å². The number of aliphatic hydroxyl groups excluding tert-OH is 1. The van der Waals surface area contributed by atoms with Gasteiger partial charge in [0.05, 0.1) is 12.6 Å². The normalized spacial score (nSPS) is 11.7. The van der Waals surface area contributed by atoms with Crippen molar-refractivity contribution >= 4 is 21.8 Å². The molecule has 4 aromatic carbocycles. The van der Waals surface area contributed by atoms with Crippen molar-refractivity contribution in [2.45, 2.75) is 26.5 Å². The zero-order valence-corrected chi connectivity index (χ0v) is 23.0. The molecule has 1 unspecified atom stereocenters. The third kappa shape index (κ3) is 7.31. The Labute approximate surface area is 230 Å². The molecule has 204 valence electrons. The summed E-state index contributed by atoms with van der Waals surface area (Å²) in [6.45, 7) is 6.45. The molecule has 0 fully saturated rings. The van der Waals surface area contributed by atoms with Gasteiger partial charge >= 0.3 is 0 Å². The second kappa shape index (κ2) is 14.2. The van der Waals surface area contributed by atoms with Crippen LogP contribution in [-0.2, 0) is 6.54 Å². The number of para-hydroxylation sites is 3. The first kappa shape index (κ1) is 28.0. The number of hydrogen-bond acceptors (Lipinski definition) is 5. The zero-order chi connectivity index (χ0) is 27.5. The number of fused-ring (bicyclic) bond motifs is 3. The number of H-pyrrole nitrogens is 1. The molecule has 0 aliphatic heterocycles. The highest BCUT2D eigenvalue weighted by Gasteiger charge is 2.16. The predicted molar refractivity (Wildman–Crippen MR) is 159 cm³/mol. The molecule has 0 saturated heterocycles. The average molecular weight is 527 g/mol. The summed E-state index contributed by atoms with van der Waals surface area (Å²) in [6.07, 6.45) is -0.671. The first-order chi connectivity index (χ1) is 19.2. The molecule has 0 radical (unpaired) electrons. The maximum atomic E-state index is 11.0. The van der Waals surface area contributed by atoms with Crippen molar-refractivity contribution in [2.24, 2.45) is 0 Å². The molecule has 0 bridgehead atoms. The maximum Gasteiger partial charge on any atom is 0.161 e. The molecule has 0 aliphatic rings. The molecule has 39 heavy (non-hydrogen) atoms. The van der Waals surface area contributed by atoms with Crippen LogP contribution in [0.3, 0.4) is 0 Å². The summed E-state index contributed by atoms with van der Waals surface area (Å²) < 4.78 is 17.6. The van der Waals surface area contributed by atoms with E-state index in [2.05, 4.69) is 34.1 Å². The molecule has 0 saturated carbocycles. The first-order valence-electron chi connectivity index (χ1n) is 13.5. The summed E-state index contributed by atoms with van der Waals surface area (Å²) in [4.78, 5) is 5.62. The van der Waals surface area contributed by atoms with Crippen molar-refractivity contribution < 1.29 is 19.3 Å². The summed E-state index contributed by atoms with van der Waals surface area (Å²) in [5, 5.41) is 13.1. The summed E-state index contributed by atoms with van der Waals surface area (Å²) in [5.74, 6) is 2.18. The summed E-state index contributed by atoms with van der Waals surface area (Å²) in [7, 11) is 1.64. The lowest BCUT2D eigenvalue weighted by Gasteiger charge is -2.25. The van der Waals surface area contributed by atoms with Crippen molar-refractivity contribution in [1.82, 2.24) is 9.88 Å². The average Bonchev–Trinajstić information content (AvgIpc) is 3.37. The second-order valence-corrected chi connectivity index (χ2v) is 9.03. The number of hydrogen-bond donors (Lipinski definition) is 2. The number of aliphatic hydroxyl groups is 1. The Morgan fingerprint density at radius 1 is 0.744 bits per heavy atom. The molecular weight excluding hydrogens is 488 g/mol. The van der Waals surface area contributed by atoms with E-state index >= 15 is 0 Å². The van der Waals surface area contributed by atoms with Crippen LogP contribution in [0.5, 0.6) is 17.2 Å². The second-order valence-electron chi connectivity index (χ2n) is 9.03. The van der Waals surface area contributed by atoms with E-state index in [-0.39, 0.29) is 6.61 Å². The fourth-order valence-electron chi connectivity index (χ4n) is 4.62. The van der Waals surface area contributed by atoms with E-state index in [4.69, 9.17) is 14.2 Å². The van der Waals surface area contributed by atoms with Crippen LogP contribution in [0.15, 0.2) is 97.1 Å². The zero-order valence-electron chi connectivity index (χ0n) is 23.0. The largest absolute Gasteiger partial charge is 0.493 e. The number of nitrogens with one attached hydrogen (secondary N) is 1. The molecule has 1 atom stereocenters. The minimum absolute atomic E-state index is 0.192. The molecule has 1 heterocycles. The number of benzene rings is 4. The quantitative estimate of drug-likeness (QED) is 0.190. The van der Waals surface area contributed by atoms with Crippen molar-refractivity contribution in [3.63, 3.8) is 0 Å². The Bertz CT molecular complexity index is 1430. The van der Waals surface area contributed by atoms with E-state index in [9.17, 15) is 5.11 Å². The summed E-state index contributed by atoms with van der Waals surface area (Å²) in [6, 6.07) is 32.0. The highest BCUT2D eigenvalue weighted by molar-refractivity contribution is 6.10. The van der Waals surface area contributed by atoms with E-state index in [1.165, 1.54) is 5.56 Å². The van der Waals surface area contributed by atoms with Crippen LogP contribution in [-0.4, -0.2) is 54.5 Å². The Hall–Kier alpha value is -4.00. The van der Waals surface area contributed by atoms with Gasteiger partial charge in [0.1, 0.15) is 25.1 Å². The van der Waals surface area contributed by atoms with Gasteiger partial charge in [0.25, 0.3) is 0 Å². The first-order valence-corrected chi connectivity index (χ1v) is 13.5. The molecule has 6 nitrogen and oxygen atoms in total. The Morgan fingerprint density at radius 3 is 2.21 bits per heavy atom. The molecule has 6 heteroatoms. The van der Waals surface area contributed by atoms with Gasteiger partial charge in [-0.15, -0.1) is 0 Å². The van der Waals surface area contributed by atoms with Crippen LogP contribution in [0, 0.1) is 0 Å². The smallest absolute Gasteiger partial charge is 0.161 e. The lowest BCUT2D eigenvalue weighted by molar-refractivity contribution is 0.0608. The number of aromatic amines is 1. The van der Waals surface area contributed by atoms with E-state index < -0.39 is 6.10 Å². The maximum absolute atomic E-state index is 11.0. The van der Waals surface area contributed by atoms with E-state index in [0.29, 0.717) is 37.7 Å². The van der Waals surface area contributed by atoms with Gasteiger partial charge in [-0.1, -0.05) is 80.6 Å². The highest BCUT2D eigenvalue weighted by atomic mass is 16.5. The third-order valence-electron chi connectivity index (χ3n) is 6.38. The van der Waals surface area contributed by atoms with Crippen LogP contribution in [0.25, 0.3) is 21.8 Å². The van der Waals surface area contributed by atoms with Gasteiger partial charge in [0.15, 0.2) is 11.5 Å². The lowest BCUT2D eigenvalue weighted by Crippen LogP contribution is -2.37. The van der Waals surface area contributed by atoms with Crippen LogP contribution in [0.1, 0.15) is 19.4 Å². The predicted octanol–water partition coefficient (Wildman–Crippen LogP) is 6.68. The van der Waals surface area contributed by atoms with Gasteiger partial charge in [-0.25, -0.2) is 0 Å². The Kier molecular flexibility index (Phi) is 10.2. The number of rotatable bonds is 12. The van der Waals surface area contributed by atoms with Crippen LogP contribution < -0.4 is 14.2 Å². The standard InChI is InChI=1S/C31H32N2O4.C2H6/c1-35-28-15-7-8-16-29(28)36-19-18-33(20-23-10-3-2-4-11-23)21-24(34)22-37-30-17-9-14-27-31(30)25-12-5-6-13-26(25)32-27;1-2/h2-17,24,32,34H,18-22H2,1H3;1-2H3. The molecule has 0 spiro atoms.